The van der Waals surface area contributed by atoms with Gasteiger partial charge in [0.15, 0.2) is 0 Å². The summed E-state index contributed by atoms with van der Waals surface area (Å²) in [6.07, 6.45) is 4.51. The Bertz CT molecular complexity index is 716. The van der Waals surface area contributed by atoms with E-state index in [1.54, 1.807) is 11.3 Å². The van der Waals surface area contributed by atoms with Gasteiger partial charge >= 0.3 is 0 Å². The standard InChI is InChI=1S/C20H30N2O3S/c1-11-21-18-13(8-17(25)22-12-4-5-12)19(2)7-6-16(24)20(3,10-23)15(19)9-14(18)26-11/h12-13,15-16,23-24H,4-10H2,1-3H3,(H,22,25). The lowest BCUT2D eigenvalue weighted by Gasteiger charge is -2.58. The third kappa shape index (κ3) is 2.81. The number of fused-ring (bicyclic) bond motifs is 2. The minimum Gasteiger partial charge on any atom is -0.396 e. The van der Waals surface area contributed by atoms with Crippen molar-refractivity contribution in [1.29, 1.82) is 0 Å². The lowest BCUT2D eigenvalue weighted by Crippen LogP contribution is -2.57. The van der Waals surface area contributed by atoms with Crippen LogP contribution in [-0.4, -0.2) is 39.9 Å². The third-order valence-corrected chi connectivity index (χ3v) is 8.34. The van der Waals surface area contributed by atoms with E-state index in [-0.39, 0.29) is 29.8 Å². The largest absolute Gasteiger partial charge is 0.396 e. The number of aliphatic hydroxyl groups excluding tert-OH is 2. The number of amides is 1. The Morgan fingerprint density at radius 3 is 2.73 bits per heavy atom. The second kappa shape index (κ2) is 6.28. The number of carbonyl (C=O) groups excluding carboxylic acids is 1. The number of nitrogens with zero attached hydrogens (tertiary/aromatic N) is 1. The van der Waals surface area contributed by atoms with E-state index in [2.05, 4.69) is 12.2 Å². The molecule has 1 heterocycles. The molecule has 4 rings (SSSR count). The number of aliphatic hydroxyl groups is 2. The van der Waals surface area contributed by atoms with E-state index in [4.69, 9.17) is 4.98 Å². The van der Waals surface area contributed by atoms with Crippen LogP contribution >= 0.6 is 11.3 Å². The zero-order valence-electron chi connectivity index (χ0n) is 15.9. The maximum Gasteiger partial charge on any atom is 0.220 e. The normalized spacial score (nSPS) is 39.2. The Morgan fingerprint density at radius 1 is 1.35 bits per heavy atom. The maximum atomic E-state index is 12.7. The molecule has 5 unspecified atom stereocenters. The minimum atomic E-state index is -0.534. The molecule has 6 heteroatoms. The first-order valence-corrected chi connectivity index (χ1v) is 10.6. The summed E-state index contributed by atoms with van der Waals surface area (Å²) in [7, 11) is 0. The van der Waals surface area contributed by atoms with Crippen LogP contribution in [0.2, 0.25) is 0 Å². The molecule has 1 amide bonds. The monoisotopic (exact) mass is 378 g/mol. The summed E-state index contributed by atoms with van der Waals surface area (Å²) >= 11 is 1.71. The van der Waals surface area contributed by atoms with E-state index in [1.165, 1.54) is 4.88 Å². The fourth-order valence-corrected chi connectivity index (χ4v) is 6.51. The molecule has 0 radical (unpaired) electrons. The number of hydrogen-bond acceptors (Lipinski definition) is 5. The maximum absolute atomic E-state index is 12.7. The van der Waals surface area contributed by atoms with Gasteiger partial charge in [0.25, 0.3) is 0 Å². The Kier molecular flexibility index (Phi) is 4.44. The van der Waals surface area contributed by atoms with Crippen LogP contribution in [0.5, 0.6) is 0 Å². The molecule has 5 atom stereocenters. The quantitative estimate of drug-likeness (QED) is 0.752. The van der Waals surface area contributed by atoms with Gasteiger partial charge in [-0.15, -0.1) is 11.3 Å². The van der Waals surface area contributed by atoms with Crippen molar-refractivity contribution in [2.24, 2.45) is 16.7 Å². The van der Waals surface area contributed by atoms with Gasteiger partial charge in [0, 0.05) is 28.7 Å². The highest BCUT2D eigenvalue weighted by molar-refractivity contribution is 7.11. The third-order valence-electron chi connectivity index (χ3n) is 7.33. The van der Waals surface area contributed by atoms with Gasteiger partial charge in [-0.3, -0.25) is 4.79 Å². The van der Waals surface area contributed by atoms with Gasteiger partial charge in [-0.2, -0.15) is 0 Å². The predicted molar refractivity (Wildman–Crippen MR) is 101 cm³/mol. The van der Waals surface area contributed by atoms with E-state index in [0.717, 1.165) is 36.4 Å². The molecular weight excluding hydrogens is 348 g/mol. The number of thiazole rings is 1. The van der Waals surface area contributed by atoms with Crippen LogP contribution in [0.1, 0.15) is 67.4 Å². The van der Waals surface area contributed by atoms with Gasteiger partial charge in [0.05, 0.1) is 23.4 Å². The SMILES string of the molecule is Cc1nc2c(s1)CC1C(C)(CO)C(O)CCC1(C)C2CC(=O)NC1CC1. The fourth-order valence-electron chi connectivity index (χ4n) is 5.47. The van der Waals surface area contributed by atoms with Gasteiger partial charge in [0.2, 0.25) is 5.91 Å². The molecule has 0 aliphatic heterocycles. The van der Waals surface area contributed by atoms with Crippen molar-refractivity contribution in [1.82, 2.24) is 10.3 Å². The van der Waals surface area contributed by atoms with Crippen molar-refractivity contribution in [3.05, 3.63) is 15.6 Å². The van der Waals surface area contributed by atoms with Crippen LogP contribution in [0.15, 0.2) is 0 Å². The zero-order valence-corrected chi connectivity index (χ0v) is 16.7. The molecule has 0 saturated heterocycles. The van der Waals surface area contributed by atoms with Gasteiger partial charge in [-0.1, -0.05) is 13.8 Å². The molecule has 2 fully saturated rings. The van der Waals surface area contributed by atoms with Crippen molar-refractivity contribution in [2.45, 2.75) is 77.4 Å². The first-order valence-electron chi connectivity index (χ1n) is 9.82. The number of carbonyl (C=O) groups is 1. The van der Waals surface area contributed by atoms with Gasteiger partial charge in [-0.05, 0) is 50.4 Å². The second-order valence-electron chi connectivity index (χ2n) is 9.12. The van der Waals surface area contributed by atoms with Gasteiger partial charge in [-0.25, -0.2) is 4.98 Å². The Balaban J connectivity index is 1.73. The van der Waals surface area contributed by atoms with Crippen molar-refractivity contribution < 1.29 is 15.0 Å². The van der Waals surface area contributed by atoms with Crippen LogP contribution in [0.25, 0.3) is 0 Å². The van der Waals surface area contributed by atoms with Crippen molar-refractivity contribution in [3.8, 4) is 0 Å². The zero-order chi connectivity index (χ0) is 18.7. The topological polar surface area (TPSA) is 82.5 Å². The van der Waals surface area contributed by atoms with Crippen molar-refractivity contribution >= 4 is 17.2 Å². The molecule has 0 aromatic carbocycles. The van der Waals surface area contributed by atoms with Crippen LogP contribution < -0.4 is 5.32 Å². The van der Waals surface area contributed by atoms with E-state index in [9.17, 15) is 15.0 Å². The second-order valence-corrected chi connectivity index (χ2v) is 10.4. The number of nitrogens with one attached hydrogen (secondary N) is 1. The molecule has 0 spiro atoms. The number of hydrogen-bond donors (Lipinski definition) is 3. The van der Waals surface area contributed by atoms with E-state index in [0.29, 0.717) is 18.9 Å². The van der Waals surface area contributed by atoms with E-state index >= 15 is 0 Å². The van der Waals surface area contributed by atoms with Crippen LogP contribution in [-0.2, 0) is 11.2 Å². The van der Waals surface area contributed by atoms with Gasteiger partial charge < -0.3 is 15.5 Å². The molecule has 2 saturated carbocycles. The Hall–Kier alpha value is -0.980. The number of aryl methyl sites for hydroxylation is 1. The summed E-state index contributed by atoms with van der Waals surface area (Å²) in [6.45, 7) is 6.27. The van der Waals surface area contributed by atoms with Crippen LogP contribution in [0, 0.1) is 23.7 Å². The smallest absolute Gasteiger partial charge is 0.220 e. The molecule has 5 nitrogen and oxygen atoms in total. The highest BCUT2D eigenvalue weighted by Crippen LogP contribution is 2.62. The van der Waals surface area contributed by atoms with E-state index < -0.39 is 11.5 Å². The molecule has 1 aromatic rings. The highest BCUT2D eigenvalue weighted by atomic mass is 32.1. The molecule has 26 heavy (non-hydrogen) atoms. The number of rotatable bonds is 4. The van der Waals surface area contributed by atoms with Crippen LogP contribution in [0.3, 0.4) is 0 Å². The average Bonchev–Trinajstić information content (AvgIpc) is 3.32. The lowest BCUT2D eigenvalue weighted by molar-refractivity contribution is -0.144. The highest BCUT2D eigenvalue weighted by Gasteiger charge is 2.59. The summed E-state index contributed by atoms with van der Waals surface area (Å²) in [6, 6.07) is 0.363. The molecule has 3 N–H and O–H groups in total. The number of aromatic nitrogens is 1. The molecular formula is C20H30N2O3S. The van der Waals surface area contributed by atoms with E-state index in [1.807, 2.05) is 13.8 Å². The molecule has 3 aliphatic carbocycles. The van der Waals surface area contributed by atoms with Gasteiger partial charge in [0.1, 0.15) is 0 Å². The first-order chi connectivity index (χ1) is 12.3. The molecule has 3 aliphatic rings. The molecule has 1 aromatic heterocycles. The van der Waals surface area contributed by atoms with Crippen LogP contribution in [0.4, 0.5) is 0 Å². The summed E-state index contributed by atoms with van der Waals surface area (Å²) < 4.78 is 0. The van der Waals surface area contributed by atoms with Crippen molar-refractivity contribution in [3.63, 3.8) is 0 Å². The first kappa shape index (κ1) is 18.4. The summed E-state index contributed by atoms with van der Waals surface area (Å²) in [5, 5.41) is 25.0. The fraction of sp³-hybridized carbons (Fsp3) is 0.800. The summed E-state index contributed by atoms with van der Waals surface area (Å²) in [4.78, 5) is 18.7. The molecule has 0 bridgehead atoms. The summed E-state index contributed by atoms with van der Waals surface area (Å²) in [5.74, 6) is 0.320. The molecule has 144 valence electrons. The lowest BCUT2D eigenvalue weighted by atomic mass is 9.47. The predicted octanol–water partition coefficient (Wildman–Crippen LogP) is 2.54. The van der Waals surface area contributed by atoms with Crippen molar-refractivity contribution in [2.75, 3.05) is 6.61 Å². The average molecular weight is 379 g/mol. The minimum absolute atomic E-state index is 0.0253. The Labute approximate surface area is 159 Å². The Morgan fingerprint density at radius 2 is 2.08 bits per heavy atom. The summed E-state index contributed by atoms with van der Waals surface area (Å²) in [5.41, 5.74) is 0.424.